The third-order valence-corrected chi connectivity index (χ3v) is 3.96. The van der Waals surface area contributed by atoms with Crippen LogP contribution in [0, 0.1) is 17.2 Å². The van der Waals surface area contributed by atoms with Crippen LogP contribution in [-0.4, -0.2) is 35.7 Å². The molecule has 102 valence electrons. The highest BCUT2D eigenvalue weighted by molar-refractivity contribution is 6.30. The summed E-state index contributed by atoms with van der Waals surface area (Å²) < 4.78 is 0. The predicted octanol–water partition coefficient (Wildman–Crippen LogP) is 2.46. The van der Waals surface area contributed by atoms with Crippen molar-refractivity contribution in [2.24, 2.45) is 5.92 Å². The quantitative estimate of drug-likeness (QED) is 0.920. The second-order valence-electron chi connectivity index (χ2n) is 5.39. The molecule has 0 aromatic heterocycles. The molecule has 2 atom stereocenters. The van der Waals surface area contributed by atoms with Crippen LogP contribution >= 0.6 is 11.6 Å². The number of rotatable bonds is 4. The number of nitrogens with zero attached hydrogens (tertiary/aromatic N) is 2. The van der Waals surface area contributed by atoms with E-state index in [4.69, 9.17) is 16.9 Å². The van der Waals surface area contributed by atoms with E-state index in [0.29, 0.717) is 16.5 Å². The molecule has 1 aromatic carbocycles. The molecule has 2 rings (SSSR count). The Bertz CT molecular complexity index is 484. The van der Waals surface area contributed by atoms with Gasteiger partial charge in [-0.1, -0.05) is 18.5 Å². The lowest BCUT2D eigenvalue weighted by Gasteiger charge is -2.26. The molecule has 3 nitrogen and oxygen atoms in total. The van der Waals surface area contributed by atoms with Crippen molar-refractivity contribution in [2.45, 2.75) is 25.8 Å². The molecule has 1 aromatic rings. The molecule has 0 aliphatic carbocycles. The maximum Gasteiger partial charge on any atom is 0.0992 e. The van der Waals surface area contributed by atoms with E-state index >= 15 is 0 Å². The lowest BCUT2D eigenvalue weighted by atomic mass is 10.0. The maximum absolute atomic E-state index is 9.59. The van der Waals surface area contributed by atoms with Gasteiger partial charge in [0, 0.05) is 17.6 Å². The van der Waals surface area contributed by atoms with Gasteiger partial charge in [0.05, 0.1) is 18.2 Å². The Balaban J connectivity index is 2.10. The van der Waals surface area contributed by atoms with Gasteiger partial charge in [0.1, 0.15) is 0 Å². The molecule has 4 heteroatoms. The van der Waals surface area contributed by atoms with Crippen molar-refractivity contribution in [1.82, 2.24) is 4.90 Å². The van der Waals surface area contributed by atoms with Crippen LogP contribution in [-0.2, 0) is 6.42 Å². The van der Waals surface area contributed by atoms with E-state index in [1.807, 2.05) is 12.1 Å². The summed E-state index contributed by atoms with van der Waals surface area (Å²) in [5.41, 5.74) is 1.59. The van der Waals surface area contributed by atoms with Crippen LogP contribution in [0.15, 0.2) is 18.2 Å². The lowest BCUT2D eigenvalue weighted by Crippen LogP contribution is -2.37. The van der Waals surface area contributed by atoms with E-state index < -0.39 is 0 Å². The first-order valence-electron chi connectivity index (χ1n) is 6.67. The third-order valence-electron chi connectivity index (χ3n) is 3.74. The fourth-order valence-electron chi connectivity index (χ4n) is 2.71. The average Bonchev–Trinajstić information content (AvgIpc) is 2.81. The zero-order valence-electron chi connectivity index (χ0n) is 11.1. The smallest absolute Gasteiger partial charge is 0.0992 e. The summed E-state index contributed by atoms with van der Waals surface area (Å²) in [6, 6.07) is 7.63. The zero-order valence-corrected chi connectivity index (χ0v) is 11.9. The number of hydrogen-bond donors (Lipinski definition) is 1. The van der Waals surface area contributed by atoms with Gasteiger partial charge >= 0.3 is 0 Å². The second kappa shape index (κ2) is 6.38. The second-order valence-corrected chi connectivity index (χ2v) is 5.83. The van der Waals surface area contributed by atoms with Crippen molar-refractivity contribution in [3.05, 3.63) is 34.3 Å². The van der Waals surface area contributed by atoms with Gasteiger partial charge in [0.15, 0.2) is 0 Å². The van der Waals surface area contributed by atoms with Crippen LogP contribution < -0.4 is 0 Å². The first-order chi connectivity index (χ1) is 9.12. The number of aliphatic hydroxyl groups excluding tert-OH is 1. The minimum Gasteiger partial charge on any atom is -0.395 e. The highest BCUT2D eigenvalue weighted by Gasteiger charge is 2.25. The first kappa shape index (κ1) is 14.3. The van der Waals surface area contributed by atoms with Crippen molar-refractivity contribution in [1.29, 1.82) is 5.26 Å². The molecule has 1 aliphatic rings. The zero-order chi connectivity index (χ0) is 13.8. The Morgan fingerprint density at radius 3 is 2.89 bits per heavy atom. The Morgan fingerprint density at radius 2 is 2.32 bits per heavy atom. The van der Waals surface area contributed by atoms with Gasteiger partial charge in [0.2, 0.25) is 0 Å². The van der Waals surface area contributed by atoms with Crippen molar-refractivity contribution in [3.8, 4) is 6.07 Å². The molecule has 2 unspecified atom stereocenters. The topological polar surface area (TPSA) is 47.3 Å². The predicted molar refractivity (Wildman–Crippen MR) is 76.1 cm³/mol. The molecule has 1 heterocycles. The summed E-state index contributed by atoms with van der Waals surface area (Å²) in [6.07, 6.45) is 1.92. The van der Waals surface area contributed by atoms with Gasteiger partial charge < -0.3 is 5.11 Å². The highest BCUT2D eigenvalue weighted by Crippen LogP contribution is 2.22. The minimum absolute atomic E-state index is 0.120. The van der Waals surface area contributed by atoms with E-state index in [1.54, 1.807) is 6.07 Å². The number of aliphatic hydroxyl groups is 1. The summed E-state index contributed by atoms with van der Waals surface area (Å²) in [5.74, 6) is 0.697. The largest absolute Gasteiger partial charge is 0.395 e. The monoisotopic (exact) mass is 278 g/mol. The normalized spacial score (nSPS) is 21.3. The van der Waals surface area contributed by atoms with E-state index in [9.17, 15) is 5.11 Å². The van der Waals surface area contributed by atoms with E-state index in [0.717, 1.165) is 25.1 Å². The fourth-order valence-corrected chi connectivity index (χ4v) is 2.97. The number of hydrogen-bond acceptors (Lipinski definition) is 3. The van der Waals surface area contributed by atoms with Crippen molar-refractivity contribution in [2.75, 3.05) is 19.7 Å². The van der Waals surface area contributed by atoms with Gasteiger partial charge in [-0.15, -0.1) is 0 Å². The van der Waals surface area contributed by atoms with Crippen LogP contribution in [0.1, 0.15) is 24.5 Å². The van der Waals surface area contributed by atoms with Crippen molar-refractivity contribution >= 4 is 11.6 Å². The fraction of sp³-hybridized carbons (Fsp3) is 0.533. The Labute approximate surface area is 119 Å². The van der Waals surface area contributed by atoms with E-state index in [-0.39, 0.29) is 12.6 Å². The van der Waals surface area contributed by atoms with Gasteiger partial charge in [-0.2, -0.15) is 5.26 Å². The van der Waals surface area contributed by atoms with Gasteiger partial charge in [-0.25, -0.2) is 0 Å². The maximum atomic E-state index is 9.59. The van der Waals surface area contributed by atoms with Crippen LogP contribution in [0.2, 0.25) is 5.02 Å². The molecule has 0 saturated carbocycles. The lowest BCUT2D eigenvalue weighted by molar-refractivity contribution is 0.142. The molecule has 0 radical (unpaired) electrons. The molecule has 1 fully saturated rings. The van der Waals surface area contributed by atoms with Crippen molar-refractivity contribution < 1.29 is 5.11 Å². The third kappa shape index (κ3) is 3.70. The highest BCUT2D eigenvalue weighted by atomic mass is 35.5. The summed E-state index contributed by atoms with van der Waals surface area (Å²) in [7, 11) is 0. The molecule has 0 bridgehead atoms. The van der Waals surface area contributed by atoms with Gasteiger partial charge in [-0.3, -0.25) is 4.90 Å². The summed E-state index contributed by atoms with van der Waals surface area (Å²) in [5, 5.41) is 19.1. The average molecular weight is 279 g/mol. The number of likely N-dealkylation sites (tertiary alicyclic amines) is 1. The first-order valence-corrected chi connectivity index (χ1v) is 7.04. The molecule has 1 N–H and O–H groups in total. The number of halogens is 1. The summed E-state index contributed by atoms with van der Waals surface area (Å²) >= 11 is 6.01. The molecular formula is C15H19ClN2O. The molecular weight excluding hydrogens is 260 g/mol. The van der Waals surface area contributed by atoms with E-state index in [2.05, 4.69) is 17.9 Å². The standard InChI is InChI=1S/C15H19ClN2O/c1-11-2-3-18(9-11)15(10-19)7-12-4-13(8-17)6-14(16)5-12/h4-6,11,15,19H,2-3,7,9-10H2,1H3. The summed E-state index contributed by atoms with van der Waals surface area (Å²) in [6.45, 7) is 4.46. The minimum atomic E-state index is 0.120. The van der Waals surface area contributed by atoms with Gasteiger partial charge in [0.25, 0.3) is 0 Å². The Kier molecular flexibility index (Phi) is 4.81. The van der Waals surface area contributed by atoms with E-state index in [1.165, 1.54) is 6.42 Å². The number of benzene rings is 1. The van der Waals surface area contributed by atoms with Crippen LogP contribution in [0.5, 0.6) is 0 Å². The van der Waals surface area contributed by atoms with Gasteiger partial charge in [-0.05, 0) is 49.1 Å². The SMILES string of the molecule is CC1CCN(C(CO)Cc2cc(Cl)cc(C#N)c2)C1. The molecule has 1 saturated heterocycles. The summed E-state index contributed by atoms with van der Waals surface area (Å²) in [4.78, 5) is 2.33. The van der Waals surface area contributed by atoms with Crippen LogP contribution in [0.25, 0.3) is 0 Å². The van der Waals surface area contributed by atoms with Crippen LogP contribution in [0.4, 0.5) is 0 Å². The molecule has 1 aliphatic heterocycles. The molecule has 0 spiro atoms. The van der Waals surface area contributed by atoms with Crippen LogP contribution in [0.3, 0.4) is 0 Å². The van der Waals surface area contributed by atoms with Crippen molar-refractivity contribution in [3.63, 3.8) is 0 Å². The number of nitriles is 1. The molecule has 0 amide bonds. The Morgan fingerprint density at radius 1 is 1.53 bits per heavy atom. The molecule has 19 heavy (non-hydrogen) atoms. The Hall–Kier alpha value is -1.08.